The summed E-state index contributed by atoms with van der Waals surface area (Å²) in [7, 11) is 1.27. The fraction of sp³-hybridized carbons (Fsp3) is 0.667. The molecular formula is C12H23N3O3S2. The summed E-state index contributed by atoms with van der Waals surface area (Å²) in [6.45, 7) is 0.0840. The molecule has 0 aromatic heterocycles. The summed E-state index contributed by atoms with van der Waals surface area (Å²) in [5, 5.41) is 2.12. The van der Waals surface area contributed by atoms with Gasteiger partial charge in [-0.15, -0.1) is 11.8 Å². The van der Waals surface area contributed by atoms with Gasteiger partial charge in [-0.2, -0.15) is 12.6 Å². The van der Waals surface area contributed by atoms with Crippen LogP contribution in [0.2, 0.25) is 0 Å². The number of carbonyl (C=O) groups excluding carboxylic acids is 2. The number of carbonyl (C=O) groups is 2. The number of nitrogens with one attached hydrogen (secondary N) is 1. The number of thioether (sulfide) groups is 1. The number of amides is 1. The lowest BCUT2D eigenvalue weighted by atomic mass is 10.3. The van der Waals surface area contributed by atoms with Gasteiger partial charge in [-0.25, -0.2) is 0 Å². The molecule has 2 atom stereocenters. The van der Waals surface area contributed by atoms with E-state index in [1.165, 1.54) is 18.9 Å². The molecule has 6 nitrogen and oxygen atoms in total. The standard InChI is InChI=1S/C12H23N3O3S2/c1-18-11(16)7-15-12(17)10(6-13)20-5-3-2-4-9(14)8-19/h2,4,9-10,19H,3,5-8,13-14H2,1H3,(H,15,17)/b4-2+. The van der Waals surface area contributed by atoms with Crippen molar-refractivity contribution in [3.63, 3.8) is 0 Å². The molecule has 0 bridgehead atoms. The number of hydrogen-bond acceptors (Lipinski definition) is 7. The second kappa shape index (κ2) is 12.1. The molecule has 1 amide bonds. The maximum atomic E-state index is 11.7. The van der Waals surface area contributed by atoms with E-state index >= 15 is 0 Å². The molecular weight excluding hydrogens is 298 g/mol. The van der Waals surface area contributed by atoms with Gasteiger partial charge in [0.2, 0.25) is 5.91 Å². The van der Waals surface area contributed by atoms with Crippen LogP contribution in [0, 0.1) is 0 Å². The quantitative estimate of drug-likeness (QED) is 0.188. The Bertz CT molecular complexity index is 327. The van der Waals surface area contributed by atoms with Crippen molar-refractivity contribution >= 4 is 36.3 Å². The zero-order valence-electron chi connectivity index (χ0n) is 11.6. The lowest BCUT2D eigenvalue weighted by molar-refractivity contribution is -0.141. The van der Waals surface area contributed by atoms with Crippen molar-refractivity contribution in [2.45, 2.75) is 17.7 Å². The van der Waals surface area contributed by atoms with Gasteiger partial charge in [-0.05, 0) is 12.2 Å². The smallest absolute Gasteiger partial charge is 0.325 e. The first-order chi connectivity index (χ1) is 9.54. The molecule has 20 heavy (non-hydrogen) atoms. The van der Waals surface area contributed by atoms with Crippen LogP contribution in [0.4, 0.5) is 0 Å². The zero-order chi connectivity index (χ0) is 15.4. The number of hydrogen-bond donors (Lipinski definition) is 4. The molecule has 2 unspecified atom stereocenters. The molecule has 0 fully saturated rings. The third-order valence-electron chi connectivity index (χ3n) is 2.34. The Hall–Kier alpha value is -0.700. The molecule has 116 valence electrons. The maximum Gasteiger partial charge on any atom is 0.325 e. The normalized spacial score (nSPS) is 14.0. The number of thiol groups is 1. The molecule has 0 rings (SSSR count). The maximum absolute atomic E-state index is 11.7. The minimum atomic E-state index is -0.484. The first kappa shape index (κ1) is 19.3. The van der Waals surface area contributed by atoms with E-state index in [0.717, 1.165) is 12.2 Å². The monoisotopic (exact) mass is 321 g/mol. The SMILES string of the molecule is COC(=O)CNC(=O)C(CN)SCC/C=C/C(N)CS. The van der Waals surface area contributed by atoms with Gasteiger partial charge in [0, 0.05) is 18.3 Å². The third kappa shape index (κ3) is 9.24. The number of esters is 1. The molecule has 0 radical (unpaired) electrons. The van der Waals surface area contributed by atoms with Crippen molar-refractivity contribution in [1.82, 2.24) is 5.32 Å². The summed E-state index contributed by atoms with van der Waals surface area (Å²) >= 11 is 5.52. The van der Waals surface area contributed by atoms with E-state index < -0.39 is 5.97 Å². The molecule has 0 aliphatic carbocycles. The molecule has 0 saturated heterocycles. The Balaban J connectivity index is 3.93. The predicted octanol–water partition coefficient (Wildman–Crippen LogP) is -0.460. The topological polar surface area (TPSA) is 107 Å². The number of rotatable bonds is 10. The summed E-state index contributed by atoms with van der Waals surface area (Å²) in [5.74, 6) is 0.621. The molecule has 0 aromatic carbocycles. The van der Waals surface area contributed by atoms with E-state index in [4.69, 9.17) is 11.5 Å². The van der Waals surface area contributed by atoms with Gasteiger partial charge in [0.1, 0.15) is 6.54 Å². The predicted molar refractivity (Wildman–Crippen MR) is 85.9 cm³/mol. The Labute approximate surface area is 129 Å². The Kier molecular flexibility index (Phi) is 11.6. The van der Waals surface area contributed by atoms with E-state index in [0.29, 0.717) is 5.75 Å². The first-order valence-electron chi connectivity index (χ1n) is 6.24. The second-order valence-electron chi connectivity index (χ2n) is 3.95. The number of nitrogens with two attached hydrogens (primary N) is 2. The van der Waals surface area contributed by atoms with E-state index in [1.807, 2.05) is 12.2 Å². The second-order valence-corrected chi connectivity index (χ2v) is 5.63. The van der Waals surface area contributed by atoms with Crippen LogP contribution in [0.25, 0.3) is 0 Å². The lowest BCUT2D eigenvalue weighted by Gasteiger charge is -2.13. The van der Waals surface area contributed by atoms with E-state index in [-0.39, 0.29) is 30.3 Å². The number of methoxy groups -OCH3 is 1. The largest absolute Gasteiger partial charge is 0.468 e. The Morgan fingerprint density at radius 2 is 2.20 bits per heavy atom. The number of ether oxygens (including phenoxy) is 1. The van der Waals surface area contributed by atoms with Crippen molar-refractivity contribution in [2.24, 2.45) is 11.5 Å². The van der Waals surface area contributed by atoms with Crippen molar-refractivity contribution in [3.05, 3.63) is 12.2 Å². The van der Waals surface area contributed by atoms with Crippen LogP contribution in [0.5, 0.6) is 0 Å². The van der Waals surface area contributed by atoms with Gasteiger partial charge in [0.05, 0.1) is 12.4 Å². The first-order valence-corrected chi connectivity index (χ1v) is 7.92. The summed E-state index contributed by atoms with van der Waals surface area (Å²) in [6, 6.07) is -0.0445. The zero-order valence-corrected chi connectivity index (χ0v) is 13.3. The Morgan fingerprint density at radius 3 is 2.75 bits per heavy atom. The van der Waals surface area contributed by atoms with Crippen LogP contribution in [0.15, 0.2) is 12.2 Å². The summed E-state index contributed by atoms with van der Waals surface area (Å²) in [6.07, 6.45) is 4.66. The van der Waals surface area contributed by atoms with Crippen LogP contribution < -0.4 is 16.8 Å². The van der Waals surface area contributed by atoms with Crippen LogP contribution in [-0.2, 0) is 14.3 Å². The van der Waals surface area contributed by atoms with Crippen LogP contribution in [-0.4, -0.2) is 54.9 Å². The van der Waals surface area contributed by atoms with Gasteiger partial charge in [-0.3, -0.25) is 9.59 Å². The van der Waals surface area contributed by atoms with Crippen molar-refractivity contribution in [1.29, 1.82) is 0 Å². The van der Waals surface area contributed by atoms with Gasteiger partial charge < -0.3 is 21.5 Å². The van der Waals surface area contributed by atoms with E-state index in [2.05, 4.69) is 22.7 Å². The van der Waals surface area contributed by atoms with Gasteiger partial charge in [0.15, 0.2) is 0 Å². The molecule has 5 N–H and O–H groups in total. The van der Waals surface area contributed by atoms with Gasteiger partial charge in [-0.1, -0.05) is 12.2 Å². The molecule has 0 aliphatic rings. The van der Waals surface area contributed by atoms with Crippen LogP contribution in [0.3, 0.4) is 0 Å². The molecule has 0 spiro atoms. The third-order valence-corrected chi connectivity index (χ3v) is 4.04. The summed E-state index contributed by atoms with van der Waals surface area (Å²) in [5.41, 5.74) is 11.2. The highest BCUT2D eigenvalue weighted by Crippen LogP contribution is 2.11. The summed E-state index contributed by atoms with van der Waals surface area (Å²) < 4.78 is 4.44. The van der Waals surface area contributed by atoms with Crippen molar-refractivity contribution in [2.75, 3.05) is 31.7 Å². The average molecular weight is 321 g/mol. The molecule has 0 aliphatic heterocycles. The Morgan fingerprint density at radius 1 is 1.50 bits per heavy atom. The van der Waals surface area contributed by atoms with Crippen LogP contribution in [0.1, 0.15) is 6.42 Å². The molecule has 0 saturated carbocycles. The van der Waals surface area contributed by atoms with Crippen LogP contribution >= 0.6 is 24.4 Å². The highest BCUT2D eigenvalue weighted by atomic mass is 32.2. The molecule has 8 heteroatoms. The minimum Gasteiger partial charge on any atom is -0.468 e. The average Bonchev–Trinajstić information content (AvgIpc) is 2.47. The number of allylic oxidation sites excluding steroid dienone is 1. The molecule has 0 aromatic rings. The van der Waals surface area contributed by atoms with Crippen molar-refractivity contribution < 1.29 is 14.3 Å². The van der Waals surface area contributed by atoms with E-state index in [1.54, 1.807) is 0 Å². The minimum absolute atomic E-state index is 0.0445. The molecule has 0 heterocycles. The summed E-state index contributed by atoms with van der Waals surface area (Å²) in [4.78, 5) is 22.7. The van der Waals surface area contributed by atoms with Crippen molar-refractivity contribution in [3.8, 4) is 0 Å². The van der Waals surface area contributed by atoms with E-state index in [9.17, 15) is 9.59 Å². The van der Waals surface area contributed by atoms with Gasteiger partial charge in [0.25, 0.3) is 0 Å². The highest BCUT2D eigenvalue weighted by Gasteiger charge is 2.17. The fourth-order valence-corrected chi connectivity index (χ4v) is 2.26. The fourth-order valence-electron chi connectivity index (χ4n) is 1.21. The highest BCUT2D eigenvalue weighted by molar-refractivity contribution is 8.00. The lowest BCUT2D eigenvalue weighted by Crippen LogP contribution is -2.40. The van der Waals surface area contributed by atoms with Gasteiger partial charge >= 0.3 is 5.97 Å².